The third kappa shape index (κ3) is 4.54. The zero-order valence-electron chi connectivity index (χ0n) is 14.0. The molecule has 3 heterocycles. The number of aromatic nitrogens is 4. The number of H-pyrrole nitrogens is 2. The van der Waals surface area contributed by atoms with Crippen LogP contribution in [0.1, 0.15) is 0 Å². The summed E-state index contributed by atoms with van der Waals surface area (Å²) in [6.45, 7) is 0. The van der Waals surface area contributed by atoms with E-state index in [0.717, 1.165) is 0 Å². The van der Waals surface area contributed by atoms with Crippen molar-refractivity contribution in [2.45, 2.75) is 0 Å². The number of nitrogen functional groups attached to an aromatic ring is 4. The summed E-state index contributed by atoms with van der Waals surface area (Å²) in [7, 11) is 0. The average Bonchev–Trinajstić information content (AvgIpc) is 2.53. The molecule has 3 rings (SSSR count). The van der Waals surface area contributed by atoms with E-state index in [1.54, 1.807) is 24.3 Å². The van der Waals surface area contributed by atoms with Crippen molar-refractivity contribution in [3.8, 4) is 0 Å². The van der Waals surface area contributed by atoms with Crippen LogP contribution in [-0.2, 0) is 0 Å². The summed E-state index contributed by atoms with van der Waals surface area (Å²) in [5.41, 5.74) is 26.6. The second kappa shape index (κ2) is 7.31. The van der Waals surface area contributed by atoms with Crippen molar-refractivity contribution >= 4 is 45.3 Å². The Morgan fingerprint density at radius 2 is 0.769 bits per heavy atom. The summed E-state index contributed by atoms with van der Waals surface area (Å²) >= 11 is 0. The van der Waals surface area contributed by atoms with Gasteiger partial charge in [-0.1, -0.05) is 12.1 Å². The predicted molar refractivity (Wildman–Crippen MR) is 107 cm³/mol. The van der Waals surface area contributed by atoms with Gasteiger partial charge in [0.05, 0.1) is 22.1 Å². The number of hydrogen-bond donors (Lipinski definition) is 6. The molecule has 0 aromatic carbocycles. The fourth-order valence-corrected chi connectivity index (χ4v) is 2.37. The zero-order valence-corrected chi connectivity index (χ0v) is 14.0. The molecule has 0 aliphatic rings. The van der Waals surface area contributed by atoms with Crippen LogP contribution >= 0.6 is 0 Å². The Bertz CT molecular complexity index is 931. The molecule has 0 atom stereocenters. The first kappa shape index (κ1) is 16.9. The van der Waals surface area contributed by atoms with Crippen molar-refractivity contribution in [2.75, 3.05) is 22.9 Å². The Kier molecular flexibility index (Phi) is 4.75. The monoisotopic (exact) mass is 348 g/mol. The minimum Gasteiger partial charge on any atom is -0.385 e. The highest BCUT2D eigenvalue weighted by atomic mass is 14.9. The van der Waals surface area contributed by atoms with E-state index >= 15 is 0 Å². The zero-order chi connectivity index (χ0) is 18.5. The largest absolute Gasteiger partial charge is 0.385 e. The number of nitrogens with zero attached hydrogens (tertiary/aromatic N) is 2. The molecule has 10 N–H and O–H groups in total. The van der Waals surface area contributed by atoms with Gasteiger partial charge in [0, 0.05) is 24.3 Å². The number of anilines is 4. The van der Waals surface area contributed by atoms with Gasteiger partial charge in [0.15, 0.2) is 0 Å². The Hall–Kier alpha value is -3.94. The van der Waals surface area contributed by atoms with E-state index in [2.05, 4.69) is 19.9 Å². The molecule has 0 unspecified atom stereocenters. The third-order valence-corrected chi connectivity index (χ3v) is 3.38. The Labute approximate surface area is 149 Å². The Balaban J connectivity index is 2.40. The molecular weight excluding hydrogens is 328 g/mol. The van der Waals surface area contributed by atoms with Crippen LogP contribution in [0, 0.1) is 0 Å². The van der Waals surface area contributed by atoms with Crippen molar-refractivity contribution < 1.29 is 0 Å². The van der Waals surface area contributed by atoms with E-state index < -0.39 is 0 Å². The molecule has 0 aliphatic carbocycles. The molecule has 8 nitrogen and oxygen atoms in total. The lowest BCUT2D eigenvalue weighted by molar-refractivity contribution is 1.34. The molecule has 0 aliphatic heterocycles. The van der Waals surface area contributed by atoms with Gasteiger partial charge in [0.25, 0.3) is 0 Å². The van der Waals surface area contributed by atoms with Gasteiger partial charge in [-0.25, -0.2) is 9.97 Å². The van der Waals surface area contributed by atoms with Crippen LogP contribution < -0.4 is 22.9 Å². The maximum atomic E-state index is 5.99. The van der Waals surface area contributed by atoms with Gasteiger partial charge in [-0.05, 0) is 24.3 Å². The molecule has 0 radical (unpaired) electrons. The van der Waals surface area contributed by atoms with E-state index in [1.165, 1.54) is 0 Å². The van der Waals surface area contributed by atoms with Gasteiger partial charge in [-0.2, -0.15) is 0 Å². The third-order valence-electron chi connectivity index (χ3n) is 3.38. The van der Waals surface area contributed by atoms with E-state index in [9.17, 15) is 0 Å². The second-order valence-corrected chi connectivity index (χ2v) is 5.62. The number of aromatic amines is 2. The number of nitrogens with two attached hydrogens (primary N) is 4. The number of nitrogens with one attached hydrogen (secondary N) is 2. The highest BCUT2D eigenvalue weighted by molar-refractivity contribution is 5.63. The number of hydrogen-bond acceptors (Lipinski definition) is 6. The van der Waals surface area contributed by atoms with Crippen molar-refractivity contribution in [3.63, 3.8) is 0 Å². The summed E-state index contributed by atoms with van der Waals surface area (Å²) in [4.78, 5) is 14.7. The number of pyridine rings is 2. The van der Waals surface area contributed by atoms with Crippen molar-refractivity contribution in [3.05, 3.63) is 60.7 Å². The number of rotatable bonds is 0. The van der Waals surface area contributed by atoms with Gasteiger partial charge >= 0.3 is 0 Å². The lowest BCUT2D eigenvalue weighted by atomic mass is 10.3. The molecule has 0 saturated carbocycles. The van der Waals surface area contributed by atoms with Crippen LogP contribution in [-0.4, -0.2) is 19.9 Å². The van der Waals surface area contributed by atoms with Gasteiger partial charge in [-0.3, -0.25) is 0 Å². The molecule has 26 heavy (non-hydrogen) atoms. The highest BCUT2D eigenvalue weighted by Crippen LogP contribution is 2.09. The van der Waals surface area contributed by atoms with Crippen molar-refractivity contribution in [1.82, 2.24) is 19.9 Å². The molecule has 0 amide bonds. The van der Waals surface area contributed by atoms with Gasteiger partial charge in [0.2, 0.25) is 0 Å². The minimum atomic E-state index is 0.353. The van der Waals surface area contributed by atoms with Gasteiger partial charge in [0.1, 0.15) is 23.3 Å². The maximum absolute atomic E-state index is 5.99. The topological polar surface area (TPSA) is 161 Å². The molecule has 132 valence electrons. The van der Waals surface area contributed by atoms with Crippen LogP contribution in [0.2, 0.25) is 0 Å². The van der Waals surface area contributed by atoms with Crippen LogP contribution in [0.25, 0.3) is 22.1 Å². The molecule has 0 spiro atoms. The standard InChI is InChI=1S/C18H20N8/c19-15-7-11-3-1-4-12(23-11)8-16(20)26-18(22)10-14-6-2-5-13(24-14)9-17(21)25-15/h1-10,25-26H,19-22H2. The Morgan fingerprint density at radius 3 is 1.04 bits per heavy atom. The molecule has 0 fully saturated rings. The molecule has 0 saturated heterocycles. The first-order valence-corrected chi connectivity index (χ1v) is 7.85. The normalized spacial score (nSPS) is 10.2. The molecule has 3 aromatic heterocycles. The molecule has 4 bridgehead atoms. The molecule has 8 heteroatoms. The second-order valence-electron chi connectivity index (χ2n) is 5.62. The Morgan fingerprint density at radius 1 is 0.500 bits per heavy atom. The van der Waals surface area contributed by atoms with Crippen molar-refractivity contribution in [2.24, 2.45) is 0 Å². The number of fused-ring (bicyclic) bond motifs is 4. The summed E-state index contributed by atoms with van der Waals surface area (Å²) in [5, 5.41) is 0. The fourth-order valence-electron chi connectivity index (χ4n) is 2.37. The summed E-state index contributed by atoms with van der Waals surface area (Å²) in [6.07, 6.45) is 0. The quantitative estimate of drug-likeness (QED) is 0.366. The predicted octanol–water partition coefficient (Wildman–Crippen LogP) is 2.58. The summed E-state index contributed by atoms with van der Waals surface area (Å²) in [5.74, 6) is 1.41. The van der Waals surface area contributed by atoms with Crippen LogP contribution in [0.4, 0.5) is 23.3 Å². The van der Waals surface area contributed by atoms with Crippen molar-refractivity contribution in [1.29, 1.82) is 0 Å². The fraction of sp³-hybridized carbons (Fsp3) is 0. The average molecular weight is 348 g/mol. The molecular formula is C18H20N8. The van der Waals surface area contributed by atoms with E-state index in [1.807, 2.05) is 36.4 Å². The van der Waals surface area contributed by atoms with Crippen LogP contribution in [0.3, 0.4) is 0 Å². The van der Waals surface area contributed by atoms with Crippen LogP contribution in [0.5, 0.6) is 0 Å². The van der Waals surface area contributed by atoms with Gasteiger partial charge in [-0.15, -0.1) is 0 Å². The summed E-state index contributed by atoms with van der Waals surface area (Å²) in [6, 6.07) is 17.7. The van der Waals surface area contributed by atoms with E-state index in [0.29, 0.717) is 45.3 Å². The first-order valence-electron chi connectivity index (χ1n) is 7.85. The minimum absolute atomic E-state index is 0.353. The van der Waals surface area contributed by atoms with Gasteiger partial charge < -0.3 is 32.9 Å². The molecule has 3 aromatic rings. The SMILES string of the molecule is Nc1cc2cccc(cc(N)[nH]c(N)cc3cccc(cc(N)[nH]1)n3)n2. The summed E-state index contributed by atoms with van der Waals surface area (Å²) < 4.78 is 0. The first-order chi connectivity index (χ1) is 12.5. The van der Waals surface area contributed by atoms with Crippen LogP contribution in [0.15, 0.2) is 60.7 Å². The lowest BCUT2D eigenvalue weighted by Gasteiger charge is -1.97. The lowest BCUT2D eigenvalue weighted by Crippen LogP contribution is -1.94. The van der Waals surface area contributed by atoms with E-state index in [-0.39, 0.29) is 0 Å². The smallest absolute Gasteiger partial charge is 0.104 e. The maximum Gasteiger partial charge on any atom is 0.104 e. The van der Waals surface area contributed by atoms with E-state index in [4.69, 9.17) is 22.9 Å². The highest BCUT2D eigenvalue weighted by Gasteiger charge is 1.91.